The Bertz CT molecular complexity index is 516. The van der Waals surface area contributed by atoms with Crippen molar-refractivity contribution in [3.8, 4) is 0 Å². The molecule has 0 fully saturated rings. The molecule has 0 saturated carbocycles. The summed E-state index contributed by atoms with van der Waals surface area (Å²) in [5.74, 6) is -0.187. The number of aryl methyl sites for hydroxylation is 1. The molecule has 0 aliphatic carbocycles. The van der Waals surface area contributed by atoms with Gasteiger partial charge in [0.1, 0.15) is 5.82 Å². The number of nitrogens with one attached hydrogen (secondary N) is 1. The largest absolute Gasteiger partial charge is 0.378 e. The summed E-state index contributed by atoms with van der Waals surface area (Å²) in [5, 5.41) is 3.51. The van der Waals surface area contributed by atoms with Crippen LogP contribution in [0, 0.1) is 5.82 Å². The molecule has 0 aliphatic heterocycles. The van der Waals surface area contributed by atoms with Crippen molar-refractivity contribution in [3.05, 3.63) is 65.5 Å². The van der Waals surface area contributed by atoms with Crippen LogP contribution in [0.4, 0.5) is 10.1 Å². The minimum Gasteiger partial charge on any atom is -0.378 e. The zero-order valence-electron chi connectivity index (χ0n) is 12.2. The highest BCUT2D eigenvalue weighted by atomic mass is 19.1. The molecule has 1 unspecified atom stereocenters. The van der Waals surface area contributed by atoms with Crippen molar-refractivity contribution in [3.63, 3.8) is 0 Å². The SMILES string of the molecule is CCCc1ccc(NC(CC)c2ccc(F)cc2)cc1. The topological polar surface area (TPSA) is 12.0 Å². The first-order chi connectivity index (χ1) is 9.72. The predicted octanol–water partition coefficient (Wildman–Crippen LogP) is 5.34. The highest BCUT2D eigenvalue weighted by Crippen LogP contribution is 2.23. The van der Waals surface area contributed by atoms with Gasteiger partial charge in [0, 0.05) is 5.69 Å². The summed E-state index contributed by atoms with van der Waals surface area (Å²) in [6.07, 6.45) is 3.25. The van der Waals surface area contributed by atoms with Crippen LogP contribution >= 0.6 is 0 Å². The van der Waals surface area contributed by atoms with Crippen molar-refractivity contribution in [1.82, 2.24) is 0 Å². The molecule has 20 heavy (non-hydrogen) atoms. The molecule has 2 rings (SSSR count). The number of hydrogen-bond donors (Lipinski definition) is 1. The van der Waals surface area contributed by atoms with E-state index in [9.17, 15) is 4.39 Å². The van der Waals surface area contributed by atoms with Crippen molar-refractivity contribution >= 4 is 5.69 Å². The van der Waals surface area contributed by atoms with Gasteiger partial charge in [0.25, 0.3) is 0 Å². The van der Waals surface area contributed by atoms with Gasteiger partial charge in [0.2, 0.25) is 0 Å². The summed E-state index contributed by atoms with van der Waals surface area (Å²) in [6.45, 7) is 4.32. The molecule has 0 spiro atoms. The quantitative estimate of drug-likeness (QED) is 0.747. The first-order valence-corrected chi connectivity index (χ1v) is 7.34. The minimum atomic E-state index is -0.187. The fraction of sp³-hybridized carbons (Fsp3) is 0.333. The van der Waals surface area contributed by atoms with E-state index >= 15 is 0 Å². The molecule has 0 bridgehead atoms. The average molecular weight is 271 g/mol. The first-order valence-electron chi connectivity index (χ1n) is 7.34. The molecule has 1 N–H and O–H groups in total. The molecule has 106 valence electrons. The molecular formula is C18H22FN. The van der Waals surface area contributed by atoms with E-state index in [1.807, 2.05) is 12.1 Å². The van der Waals surface area contributed by atoms with E-state index in [0.717, 1.165) is 24.1 Å². The molecule has 2 aromatic carbocycles. The van der Waals surface area contributed by atoms with Crippen molar-refractivity contribution < 1.29 is 4.39 Å². The zero-order chi connectivity index (χ0) is 14.4. The normalized spacial score (nSPS) is 12.2. The van der Waals surface area contributed by atoms with E-state index in [1.165, 1.54) is 24.1 Å². The van der Waals surface area contributed by atoms with Crippen LogP contribution in [-0.4, -0.2) is 0 Å². The molecular weight excluding hydrogens is 249 g/mol. The molecule has 1 atom stereocenters. The zero-order valence-corrected chi connectivity index (χ0v) is 12.2. The lowest BCUT2D eigenvalue weighted by molar-refractivity contribution is 0.625. The van der Waals surface area contributed by atoms with Crippen LogP contribution < -0.4 is 5.32 Å². The summed E-state index contributed by atoms with van der Waals surface area (Å²) in [5.41, 5.74) is 3.60. The van der Waals surface area contributed by atoms with Crippen LogP contribution in [0.1, 0.15) is 43.9 Å². The maximum absolute atomic E-state index is 13.0. The van der Waals surface area contributed by atoms with Crippen LogP contribution in [0.25, 0.3) is 0 Å². The highest BCUT2D eigenvalue weighted by Gasteiger charge is 2.09. The van der Waals surface area contributed by atoms with Crippen LogP contribution in [0.15, 0.2) is 48.5 Å². The minimum absolute atomic E-state index is 0.187. The van der Waals surface area contributed by atoms with Gasteiger partial charge in [0.15, 0.2) is 0 Å². The second-order valence-corrected chi connectivity index (χ2v) is 5.10. The Balaban J connectivity index is 2.07. The van der Waals surface area contributed by atoms with Gasteiger partial charge in [-0.15, -0.1) is 0 Å². The van der Waals surface area contributed by atoms with Gasteiger partial charge in [-0.1, -0.05) is 44.5 Å². The molecule has 0 aromatic heterocycles. The maximum atomic E-state index is 13.0. The third-order valence-corrected chi connectivity index (χ3v) is 3.51. The molecule has 2 heteroatoms. The summed E-state index contributed by atoms with van der Waals surface area (Å²) in [6, 6.07) is 15.5. The van der Waals surface area contributed by atoms with E-state index in [-0.39, 0.29) is 11.9 Å². The maximum Gasteiger partial charge on any atom is 0.123 e. The van der Waals surface area contributed by atoms with E-state index in [2.05, 4.69) is 43.4 Å². The van der Waals surface area contributed by atoms with Crippen molar-refractivity contribution in [2.75, 3.05) is 5.32 Å². The number of hydrogen-bond acceptors (Lipinski definition) is 1. The summed E-state index contributed by atoms with van der Waals surface area (Å²) >= 11 is 0. The van der Waals surface area contributed by atoms with Crippen LogP contribution in [0.2, 0.25) is 0 Å². The highest BCUT2D eigenvalue weighted by molar-refractivity contribution is 5.47. The fourth-order valence-electron chi connectivity index (χ4n) is 2.37. The van der Waals surface area contributed by atoms with E-state index < -0.39 is 0 Å². The monoisotopic (exact) mass is 271 g/mol. The van der Waals surface area contributed by atoms with Crippen LogP contribution in [0.5, 0.6) is 0 Å². The van der Waals surface area contributed by atoms with Crippen molar-refractivity contribution in [2.24, 2.45) is 0 Å². The number of rotatable bonds is 6. The Labute approximate surface area is 120 Å². The van der Waals surface area contributed by atoms with Crippen LogP contribution in [-0.2, 0) is 6.42 Å². The van der Waals surface area contributed by atoms with E-state index in [1.54, 1.807) is 0 Å². The van der Waals surface area contributed by atoms with Gasteiger partial charge in [-0.25, -0.2) is 4.39 Å². The van der Waals surface area contributed by atoms with Gasteiger partial charge >= 0.3 is 0 Å². The number of halogens is 1. The third-order valence-electron chi connectivity index (χ3n) is 3.51. The van der Waals surface area contributed by atoms with Crippen LogP contribution in [0.3, 0.4) is 0 Å². The molecule has 0 amide bonds. The molecule has 0 heterocycles. The number of benzene rings is 2. The van der Waals surface area contributed by atoms with Gasteiger partial charge in [-0.3, -0.25) is 0 Å². The standard InChI is InChI=1S/C18H22FN/c1-3-5-14-6-12-17(13-7-14)20-18(4-2)15-8-10-16(19)11-9-15/h6-13,18,20H,3-5H2,1-2H3. The van der Waals surface area contributed by atoms with Gasteiger partial charge in [-0.2, -0.15) is 0 Å². The van der Waals surface area contributed by atoms with E-state index in [0.29, 0.717) is 0 Å². The van der Waals surface area contributed by atoms with E-state index in [4.69, 9.17) is 0 Å². The molecule has 0 aliphatic rings. The summed E-state index contributed by atoms with van der Waals surface area (Å²) in [7, 11) is 0. The average Bonchev–Trinajstić information content (AvgIpc) is 2.48. The smallest absolute Gasteiger partial charge is 0.123 e. The molecule has 0 radical (unpaired) electrons. The lowest BCUT2D eigenvalue weighted by Crippen LogP contribution is -2.09. The summed E-state index contributed by atoms with van der Waals surface area (Å²) in [4.78, 5) is 0. The third kappa shape index (κ3) is 3.83. The first kappa shape index (κ1) is 14.6. The van der Waals surface area contributed by atoms with Crippen molar-refractivity contribution in [1.29, 1.82) is 0 Å². The van der Waals surface area contributed by atoms with Crippen molar-refractivity contribution in [2.45, 2.75) is 39.2 Å². The Morgan fingerprint density at radius 3 is 2.15 bits per heavy atom. The Morgan fingerprint density at radius 1 is 0.950 bits per heavy atom. The predicted molar refractivity (Wildman–Crippen MR) is 83.5 cm³/mol. The molecule has 0 saturated heterocycles. The number of anilines is 1. The Kier molecular flexibility index (Phi) is 5.16. The lowest BCUT2D eigenvalue weighted by atomic mass is 10.0. The fourth-order valence-corrected chi connectivity index (χ4v) is 2.37. The van der Waals surface area contributed by atoms with Gasteiger partial charge < -0.3 is 5.32 Å². The lowest BCUT2D eigenvalue weighted by Gasteiger charge is -2.19. The van der Waals surface area contributed by atoms with Gasteiger partial charge in [-0.05, 0) is 48.2 Å². The second kappa shape index (κ2) is 7.09. The Morgan fingerprint density at radius 2 is 1.60 bits per heavy atom. The summed E-state index contributed by atoms with van der Waals surface area (Å²) < 4.78 is 13.0. The molecule has 2 aromatic rings. The Hall–Kier alpha value is -1.83. The van der Waals surface area contributed by atoms with Gasteiger partial charge in [0.05, 0.1) is 6.04 Å². The molecule has 1 nitrogen and oxygen atoms in total. The second-order valence-electron chi connectivity index (χ2n) is 5.10.